The molecule has 0 aliphatic carbocycles. The first-order valence-corrected chi connectivity index (χ1v) is 11.1. The molecule has 4 nitrogen and oxygen atoms in total. The SMILES string of the molecule is COc1ccc(CCN(Cc2cccs2)C(=O)CC(C)CC(C)(C)C)cc1OC. The second-order valence-corrected chi connectivity index (χ2v) is 9.94. The van der Waals surface area contributed by atoms with Gasteiger partial charge >= 0.3 is 0 Å². The number of hydrogen-bond donors (Lipinski definition) is 0. The summed E-state index contributed by atoms with van der Waals surface area (Å²) in [5.41, 5.74) is 1.37. The Labute approximate surface area is 179 Å². The van der Waals surface area contributed by atoms with Gasteiger partial charge in [-0.3, -0.25) is 4.79 Å². The Morgan fingerprint density at radius 3 is 2.45 bits per heavy atom. The van der Waals surface area contributed by atoms with E-state index in [1.165, 1.54) is 4.88 Å². The van der Waals surface area contributed by atoms with Gasteiger partial charge in [-0.05, 0) is 53.3 Å². The van der Waals surface area contributed by atoms with Crippen LogP contribution < -0.4 is 9.47 Å². The van der Waals surface area contributed by atoms with E-state index >= 15 is 0 Å². The van der Waals surface area contributed by atoms with E-state index in [9.17, 15) is 4.79 Å². The van der Waals surface area contributed by atoms with Crippen molar-refractivity contribution in [2.24, 2.45) is 11.3 Å². The van der Waals surface area contributed by atoms with Crippen molar-refractivity contribution >= 4 is 17.2 Å². The van der Waals surface area contributed by atoms with Crippen molar-refractivity contribution in [3.05, 3.63) is 46.2 Å². The third-order valence-corrected chi connectivity index (χ3v) is 5.74. The molecule has 5 heteroatoms. The van der Waals surface area contributed by atoms with Crippen molar-refractivity contribution in [2.75, 3.05) is 20.8 Å². The van der Waals surface area contributed by atoms with Gasteiger partial charge in [0.25, 0.3) is 0 Å². The Balaban J connectivity index is 2.06. The van der Waals surface area contributed by atoms with Crippen LogP contribution in [0.1, 0.15) is 51.0 Å². The molecule has 1 aromatic carbocycles. The minimum absolute atomic E-state index is 0.232. The Morgan fingerprint density at radius 1 is 1.14 bits per heavy atom. The summed E-state index contributed by atoms with van der Waals surface area (Å²) < 4.78 is 10.7. The average molecular weight is 418 g/mol. The lowest BCUT2D eigenvalue weighted by molar-refractivity contribution is -0.132. The molecule has 0 aliphatic heterocycles. The first-order chi connectivity index (χ1) is 13.7. The number of ether oxygens (including phenoxy) is 2. The van der Waals surface area contributed by atoms with Crippen LogP contribution in [-0.2, 0) is 17.8 Å². The molecule has 0 aliphatic rings. The quantitative estimate of drug-likeness (QED) is 0.490. The van der Waals surface area contributed by atoms with Gasteiger partial charge < -0.3 is 14.4 Å². The van der Waals surface area contributed by atoms with Crippen molar-refractivity contribution in [1.29, 1.82) is 0 Å². The van der Waals surface area contributed by atoms with Crippen LogP contribution in [0.25, 0.3) is 0 Å². The van der Waals surface area contributed by atoms with E-state index in [1.807, 2.05) is 29.2 Å². The van der Waals surface area contributed by atoms with Gasteiger partial charge in [-0.1, -0.05) is 39.8 Å². The highest BCUT2D eigenvalue weighted by molar-refractivity contribution is 7.09. The predicted octanol–water partition coefficient (Wildman–Crippen LogP) is 5.80. The van der Waals surface area contributed by atoms with Gasteiger partial charge in [-0.2, -0.15) is 0 Å². The third kappa shape index (κ3) is 7.73. The van der Waals surface area contributed by atoms with Gasteiger partial charge in [0.1, 0.15) is 0 Å². The number of carbonyl (C=O) groups is 1. The van der Waals surface area contributed by atoms with Gasteiger partial charge in [-0.25, -0.2) is 0 Å². The normalized spacial score (nSPS) is 12.5. The number of hydrogen-bond acceptors (Lipinski definition) is 4. The molecule has 1 amide bonds. The number of thiophene rings is 1. The smallest absolute Gasteiger partial charge is 0.223 e. The second kappa shape index (κ2) is 10.7. The van der Waals surface area contributed by atoms with E-state index in [0.29, 0.717) is 25.4 Å². The molecule has 0 bridgehead atoms. The maximum atomic E-state index is 13.1. The zero-order valence-electron chi connectivity index (χ0n) is 18.7. The maximum Gasteiger partial charge on any atom is 0.223 e. The summed E-state index contributed by atoms with van der Waals surface area (Å²) in [6, 6.07) is 10.1. The summed E-state index contributed by atoms with van der Waals surface area (Å²) in [5.74, 6) is 2.05. The molecular weight excluding hydrogens is 382 g/mol. The lowest BCUT2D eigenvalue weighted by Gasteiger charge is -2.27. The van der Waals surface area contributed by atoms with E-state index in [1.54, 1.807) is 25.6 Å². The number of nitrogens with zero attached hydrogens (tertiary/aromatic N) is 1. The van der Waals surface area contributed by atoms with Gasteiger partial charge in [0.15, 0.2) is 11.5 Å². The van der Waals surface area contributed by atoms with Crippen LogP contribution in [0.4, 0.5) is 0 Å². The van der Waals surface area contributed by atoms with Crippen LogP contribution in [0.3, 0.4) is 0 Å². The molecule has 1 aromatic heterocycles. The van der Waals surface area contributed by atoms with E-state index in [-0.39, 0.29) is 11.3 Å². The number of benzene rings is 1. The van der Waals surface area contributed by atoms with Crippen molar-refractivity contribution < 1.29 is 14.3 Å². The molecule has 2 aromatic rings. The molecule has 0 saturated carbocycles. The summed E-state index contributed by atoms with van der Waals surface area (Å²) in [4.78, 5) is 16.3. The molecule has 0 fully saturated rings. The van der Waals surface area contributed by atoms with Crippen molar-refractivity contribution in [3.63, 3.8) is 0 Å². The van der Waals surface area contributed by atoms with Crippen molar-refractivity contribution in [2.45, 2.75) is 53.5 Å². The minimum Gasteiger partial charge on any atom is -0.493 e. The molecule has 160 valence electrons. The first kappa shape index (κ1) is 23.3. The van der Waals surface area contributed by atoms with Crippen LogP contribution >= 0.6 is 11.3 Å². The summed E-state index contributed by atoms with van der Waals surface area (Å²) >= 11 is 1.70. The Morgan fingerprint density at radius 2 is 1.86 bits per heavy atom. The molecule has 29 heavy (non-hydrogen) atoms. The van der Waals surface area contributed by atoms with Crippen molar-refractivity contribution in [1.82, 2.24) is 4.90 Å². The fourth-order valence-corrected chi connectivity index (χ4v) is 4.45. The molecule has 2 rings (SSSR count). The molecular formula is C24H35NO3S. The number of carbonyl (C=O) groups excluding carboxylic acids is 1. The zero-order valence-corrected chi connectivity index (χ0v) is 19.5. The zero-order chi connectivity index (χ0) is 21.4. The topological polar surface area (TPSA) is 38.8 Å². The summed E-state index contributed by atoms with van der Waals surface area (Å²) in [6.45, 7) is 10.2. The highest BCUT2D eigenvalue weighted by Gasteiger charge is 2.21. The van der Waals surface area contributed by atoms with E-state index in [0.717, 1.165) is 29.9 Å². The number of rotatable bonds is 10. The molecule has 1 atom stereocenters. The summed E-state index contributed by atoms with van der Waals surface area (Å²) in [6.07, 6.45) is 2.42. The van der Waals surface area contributed by atoms with Gasteiger partial charge in [0, 0.05) is 17.8 Å². The van der Waals surface area contributed by atoms with Crippen LogP contribution in [-0.4, -0.2) is 31.6 Å². The minimum atomic E-state index is 0.232. The van der Waals surface area contributed by atoms with E-state index in [4.69, 9.17) is 9.47 Å². The molecule has 1 unspecified atom stereocenters. The highest BCUT2D eigenvalue weighted by atomic mass is 32.1. The van der Waals surface area contributed by atoms with Gasteiger partial charge in [0.2, 0.25) is 5.91 Å². The largest absolute Gasteiger partial charge is 0.493 e. The van der Waals surface area contributed by atoms with E-state index in [2.05, 4.69) is 39.1 Å². The molecule has 0 radical (unpaired) electrons. The summed E-state index contributed by atoms with van der Waals surface area (Å²) in [7, 11) is 3.28. The van der Waals surface area contributed by atoms with Gasteiger partial charge in [-0.15, -0.1) is 11.3 Å². The number of amides is 1. The maximum absolute atomic E-state index is 13.1. The fourth-order valence-electron chi connectivity index (χ4n) is 3.73. The number of methoxy groups -OCH3 is 2. The standard InChI is InChI=1S/C24H35NO3S/c1-18(16-24(2,3)4)14-23(26)25(17-20-8-7-13-29-20)12-11-19-9-10-21(27-5)22(15-19)28-6/h7-10,13,15,18H,11-12,14,16-17H2,1-6H3. The van der Waals surface area contributed by atoms with Crippen LogP contribution in [0.2, 0.25) is 0 Å². The molecule has 1 heterocycles. The second-order valence-electron chi connectivity index (χ2n) is 8.91. The van der Waals surface area contributed by atoms with Gasteiger partial charge in [0.05, 0.1) is 20.8 Å². The summed E-state index contributed by atoms with van der Waals surface area (Å²) in [5, 5.41) is 2.06. The Bertz CT molecular complexity index is 765. The molecule has 0 N–H and O–H groups in total. The molecule has 0 spiro atoms. The van der Waals surface area contributed by atoms with Crippen LogP contribution in [0.15, 0.2) is 35.7 Å². The monoisotopic (exact) mass is 417 g/mol. The van der Waals surface area contributed by atoms with Crippen molar-refractivity contribution in [3.8, 4) is 11.5 Å². The van der Waals surface area contributed by atoms with E-state index < -0.39 is 0 Å². The lowest BCUT2D eigenvalue weighted by atomic mass is 9.84. The van der Waals surface area contributed by atoms with Crippen LogP contribution in [0.5, 0.6) is 11.5 Å². The Kier molecular flexibility index (Phi) is 8.57. The first-order valence-electron chi connectivity index (χ1n) is 10.2. The third-order valence-electron chi connectivity index (χ3n) is 4.88. The lowest BCUT2D eigenvalue weighted by Crippen LogP contribution is -2.33. The predicted molar refractivity (Wildman–Crippen MR) is 121 cm³/mol. The fraction of sp³-hybridized carbons (Fsp3) is 0.542. The van der Waals surface area contributed by atoms with Crippen LogP contribution in [0, 0.1) is 11.3 Å². The molecule has 0 saturated heterocycles. The Hall–Kier alpha value is -2.01. The highest BCUT2D eigenvalue weighted by Crippen LogP contribution is 2.29. The average Bonchev–Trinajstić information content (AvgIpc) is 3.16.